The minimum atomic E-state index is -4.37. The molecule has 4 rings (SSSR count). The molecule has 2 fully saturated rings. The molecule has 1 amide bonds. The molecule has 0 N–H and O–H groups in total. The molecule has 6 nitrogen and oxygen atoms in total. The van der Waals surface area contributed by atoms with Gasteiger partial charge in [-0.25, -0.2) is 4.68 Å². The molecule has 34 heavy (non-hydrogen) atoms. The number of benzene rings is 1. The molecule has 1 aromatic carbocycles. The van der Waals surface area contributed by atoms with E-state index in [0.29, 0.717) is 11.3 Å². The van der Waals surface area contributed by atoms with Crippen molar-refractivity contribution in [3.05, 3.63) is 47.3 Å². The Labute approximate surface area is 197 Å². The summed E-state index contributed by atoms with van der Waals surface area (Å²) in [6.45, 7) is 5.70. The van der Waals surface area contributed by atoms with Gasteiger partial charge in [-0.15, -0.1) is 5.10 Å². The van der Waals surface area contributed by atoms with E-state index in [1.807, 2.05) is 18.7 Å². The zero-order valence-corrected chi connectivity index (χ0v) is 19.4. The van der Waals surface area contributed by atoms with Gasteiger partial charge in [0.2, 0.25) is 5.91 Å². The molecule has 0 radical (unpaired) electrons. The van der Waals surface area contributed by atoms with Crippen LogP contribution in [-0.4, -0.2) is 51.1 Å². The Hall–Kier alpha value is -2.86. The first-order valence-corrected chi connectivity index (χ1v) is 11.8. The van der Waals surface area contributed by atoms with Crippen LogP contribution in [0.5, 0.6) is 0 Å². The van der Waals surface area contributed by atoms with E-state index in [-0.39, 0.29) is 30.1 Å². The van der Waals surface area contributed by atoms with Crippen LogP contribution in [0.1, 0.15) is 68.8 Å². The molecule has 0 aliphatic carbocycles. The van der Waals surface area contributed by atoms with Gasteiger partial charge >= 0.3 is 6.18 Å². The molecule has 182 valence electrons. The number of halogens is 3. The zero-order valence-electron chi connectivity index (χ0n) is 19.4. The summed E-state index contributed by atoms with van der Waals surface area (Å²) in [5, 5.41) is 8.21. The number of aromatic nitrogens is 3. The minimum Gasteiger partial charge on any atom is -0.374 e. The highest BCUT2D eigenvalue weighted by Crippen LogP contribution is 2.31. The highest BCUT2D eigenvalue weighted by Gasteiger charge is 2.36. The molecule has 4 atom stereocenters. The van der Waals surface area contributed by atoms with Crippen LogP contribution in [0.4, 0.5) is 13.2 Å². The summed E-state index contributed by atoms with van der Waals surface area (Å²) in [4.78, 5) is 14.6. The lowest BCUT2D eigenvalue weighted by molar-refractivity contribution is -0.139. The number of rotatable bonds is 5. The third-order valence-corrected chi connectivity index (χ3v) is 6.62. The van der Waals surface area contributed by atoms with Crippen LogP contribution in [0.3, 0.4) is 0 Å². The average Bonchev–Trinajstić information content (AvgIpc) is 3.58. The van der Waals surface area contributed by atoms with Crippen molar-refractivity contribution >= 4 is 5.91 Å². The van der Waals surface area contributed by atoms with Crippen molar-refractivity contribution in [2.24, 2.45) is 5.92 Å². The number of nitrogens with zero attached hydrogens (tertiary/aromatic N) is 4. The SMILES string of the molecule is C[C@H](C[C@@H]1CC[C@H]([C@@H](C)C(=O)N2CCCC2)O1)n1cc(C#Cc2ccc(C(F)(F)F)cc2)nn1. The number of carbonyl (C=O) groups is 1. The first kappa shape index (κ1) is 24.3. The molecular formula is C25H29F3N4O2. The molecule has 0 spiro atoms. The van der Waals surface area contributed by atoms with Gasteiger partial charge in [0.1, 0.15) is 0 Å². The predicted molar refractivity (Wildman–Crippen MR) is 120 cm³/mol. The second-order valence-corrected chi connectivity index (χ2v) is 9.19. The topological polar surface area (TPSA) is 60.2 Å². The third kappa shape index (κ3) is 5.79. The molecule has 2 aliphatic heterocycles. The van der Waals surface area contributed by atoms with Crippen molar-refractivity contribution in [2.45, 2.75) is 70.4 Å². The van der Waals surface area contributed by atoms with Crippen molar-refractivity contribution in [3.8, 4) is 11.8 Å². The number of alkyl halides is 3. The minimum absolute atomic E-state index is 0.0301. The number of likely N-dealkylation sites (tertiary alicyclic amines) is 1. The Morgan fingerprint density at radius 2 is 1.85 bits per heavy atom. The van der Waals surface area contributed by atoms with Crippen LogP contribution >= 0.6 is 0 Å². The summed E-state index contributed by atoms with van der Waals surface area (Å²) >= 11 is 0. The van der Waals surface area contributed by atoms with Crippen LogP contribution in [0.2, 0.25) is 0 Å². The number of amides is 1. The number of ether oxygens (including phenoxy) is 1. The molecule has 0 unspecified atom stereocenters. The smallest absolute Gasteiger partial charge is 0.374 e. The summed E-state index contributed by atoms with van der Waals surface area (Å²) in [6.07, 6.45) is 2.06. The van der Waals surface area contributed by atoms with Crippen LogP contribution < -0.4 is 0 Å². The molecule has 0 saturated carbocycles. The van der Waals surface area contributed by atoms with E-state index in [4.69, 9.17) is 4.74 Å². The van der Waals surface area contributed by atoms with E-state index in [1.165, 1.54) is 12.1 Å². The number of hydrogen-bond acceptors (Lipinski definition) is 4. The number of carbonyl (C=O) groups excluding carboxylic acids is 1. The van der Waals surface area contributed by atoms with E-state index >= 15 is 0 Å². The Bertz CT molecular complexity index is 1050. The summed E-state index contributed by atoms with van der Waals surface area (Å²) < 4.78 is 46.0. The lowest BCUT2D eigenvalue weighted by atomic mass is 9.99. The Morgan fingerprint density at radius 1 is 1.15 bits per heavy atom. The monoisotopic (exact) mass is 474 g/mol. The van der Waals surface area contributed by atoms with Gasteiger partial charge in [-0.05, 0) is 69.2 Å². The second kappa shape index (κ2) is 10.2. The maximum Gasteiger partial charge on any atom is 0.416 e. The van der Waals surface area contributed by atoms with E-state index in [2.05, 4.69) is 22.2 Å². The third-order valence-electron chi connectivity index (χ3n) is 6.62. The number of hydrogen-bond donors (Lipinski definition) is 0. The van der Waals surface area contributed by atoms with Gasteiger partial charge in [0.15, 0.2) is 5.69 Å². The summed E-state index contributed by atoms with van der Waals surface area (Å²) in [5.41, 5.74) is 0.212. The molecule has 2 aromatic rings. The Morgan fingerprint density at radius 3 is 2.53 bits per heavy atom. The molecule has 2 saturated heterocycles. The van der Waals surface area contributed by atoms with E-state index in [1.54, 1.807) is 10.9 Å². The summed E-state index contributed by atoms with van der Waals surface area (Å²) in [5.74, 6) is 5.74. The van der Waals surface area contributed by atoms with Crippen LogP contribution in [0.15, 0.2) is 30.5 Å². The van der Waals surface area contributed by atoms with E-state index < -0.39 is 11.7 Å². The van der Waals surface area contributed by atoms with Gasteiger partial charge < -0.3 is 9.64 Å². The van der Waals surface area contributed by atoms with Crippen LogP contribution in [-0.2, 0) is 15.7 Å². The molecule has 2 aliphatic rings. The fraction of sp³-hybridized carbons (Fsp3) is 0.560. The largest absolute Gasteiger partial charge is 0.416 e. The van der Waals surface area contributed by atoms with Gasteiger partial charge in [-0.1, -0.05) is 18.1 Å². The van der Waals surface area contributed by atoms with Crippen molar-refractivity contribution in [1.82, 2.24) is 19.9 Å². The van der Waals surface area contributed by atoms with Crippen LogP contribution in [0.25, 0.3) is 0 Å². The predicted octanol–water partition coefficient (Wildman–Crippen LogP) is 4.45. The van der Waals surface area contributed by atoms with Gasteiger partial charge in [-0.2, -0.15) is 13.2 Å². The quantitative estimate of drug-likeness (QED) is 0.601. The van der Waals surface area contributed by atoms with Gasteiger partial charge in [0, 0.05) is 18.7 Å². The second-order valence-electron chi connectivity index (χ2n) is 9.19. The lowest BCUT2D eigenvalue weighted by Crippen LogP contribution is -2.38. The average molecular weight is 475 g/mol. The lowest BCUT2D eigenvalue weighted by Gasteiger charge is -2.25. The summed E-state index contributed by atoms with van der Waals surface area (Å²) in [6, 6.07) is 4.73. The van der Waals surface area contributed by atoms with Crippen LogP contribution in [0, 0.1) is 17.8 Å². The van der Waals surface area contributed by atoms with Crippen molar-refractivity contribution in [3.63, 3.8) is 0 Å². The Kier molecular flexibility index (Phi) is 7.27. The maximum absolute atomic E-state index is 12.7. The van der Waals surface area contributed by atoms with Crippen molar-refractivity contribution in [2.75, 3.05) is 13.1 Å². The van der Waals surface area contributed by atoms with Crippen molar-refractivity contribution in [1.29, 1.82) is 0 Å². The highest BCUT2D eigenvalue weighted by atomic mass is 19.4. The van der Waals surface area contributed by atoms with Crippen molar-refractivity contribution < 1.29 is 22.7 Å². The Balaban J connectivity index is 1.30. The molecular weight excluding hydrogens is 445 g/mol. The fourth-order valence-electron chi connectivity index (χ4n) is 4.58. The molecule has 0 bridgehead atoms. The zero-order chi connectivity index (χ0) is 24.3. The van der Waals surface area contributed by atoms with Gasteiger partial charge in [0.05, 0.1) is 35.9 Å². The first-order valence-electron chi connectivity index (χ1n) is 11.8. The fourth-order valence-corrected chi connectivity index (χ4v) is 4.58. The first-order chi connectivity index (χ1) is 16.2. The molecule has 1 aromatic heterocycles. The highest BCUT2D eigenvalue weighted by molar-refractivity contribution is 5.79. The molecule has 3 heterocycles. The van der Waals surface area contributed by atoms with Gasteiger partial charge in [-0.3, -0.25) is 4.79 Å². The summed E-state index contributed by atoms with van der Waals surface area (Å²) in [7, 11) is 0. The normalized spacial score (nSPS) is 22.3. The molecule has 9 heteroatoms. The van der Waals surface area contributed by atoms with E-state index in [9.17, 15) is 18.0 Å². The van der Waals surface area contributed by atoms with Gasteiger partial charge in [0.25, 0.3) is 0 Å². The maximum atomic E-state index is 12.7. The van der Waals surface area contributed by atoms with E-state index in [0.717, 1.165) is 57.3 Å². The standard InChI is InChI=1S/C25H29F3N4O2/c1-17(15-22-11-12-23(34-22)18(2)24(33)31-13-3-4-14-31)32-16-21(29-30-32)10-7-19-5-8-20(9-6-19)25(26,27)28/h5-6,8-9,16-18,22-23H,3-4,11-15H2,1-2H3/t17-,18-,22+,23-/m1/s1.